The number of hydrazine groups is 2. The second kappa shape index (κ2) is 10.00. The molecule has 5 rings (SSSR count). The first-order chi connectivity index (χ1) is 17.9. The molecule has 0 amide bonds. The average Bonchev–Trinajstić information content (AvgIpc) is 3.65. The molecule has 37 heavy (non-hydrogen) atoms. The van der Waals surface area contributed by atoms with Crippen molar-refractivity contribution in [3.8, 4) is 11.1 Å². The molecule has 0 unspecified atom stereocenters. The minimum atomic E-state index is -0.232. The Hall–Kier alpha value is -3.08. The molecule has 2 aromatic rings. The van der Waals surface area contributed by atoms with E-state index in [0.29, 0.717) is 0 Å². The third-order valence-electron chi connectivity index (χ3n) is 8.39. The number of hydrogen-bond acceptors (Lipinski definition) is 4. The third-order valence-corrected chi connectivity index (χ3v) is 8.39. The van der Waals surface area contributed by atoms with Crippen LogP contribution in [-0.4, -0.2) is 36.2 Å². The normalized spacial score (nSPS) is 17.7. The van der Waals surface area contributed by atoms with E-state index in [9.17, 15) is 0 Å². The van der Waals surface area contributed by atoms with E-state index in [-0.39, 0.29) is 10.8 Å². The fraction of sp³-hybridized carbons (Fsp3) is 0.394. The van der Waals surface area contributed by atoms with Gasteiger partial charge in [0.2, 0.25) is 0 Å². The number of benzene rings is 2. The maximum atomic E-state index is 3.94. The molecule has 3 aliphatic carbocycles. The number of hydrogen-bond donors (Lipinski definition) is 2. The average molecular weight is 495 g/mol. The molecule has 0 heterocycles. The van der Waals surface area contributed by atoms with E-state index >= 15 is 0 Å². The Morgan fingerprint density at radius 3 is 1.70 bits per heavy atom. The lowest BCUT2D eigenvalue weighted by Crippen LogP contribution is -2.36. The summed E-state index contributed by atoms with van der Waals surface area (Å²) in [6.45, 7) is 17.3. The summed E-state index contributed by atoms with van der Waals surface area (Å²) in [5.41, 5.74) is 18.2. The summed E-state index contributed by atoms with van der Waals surface area (Å²) in [5, 5.41) is 4.63. The van der Waals surface area contributed by atoms with Gasteiger partial charge in [0.25, 0.3) is 0 Å². The van der Waals surface area contributed by atoms with E-state index in [1.165, 1.54) is 44.8 Å². The van der Waals surface area contributed by atoms with Gasteiger partial charge >= 0.3 is 0 Å². The third kappa shape index (κ3) is 4.26. The predicted molar refractivity (Wildman–Crippen MR) is 159 cm³/mol. The van der Waals surface area contributed by atoms with Gasteiger partial charge in [-0.3, -0.25) is 0 Å². The van der Waals surface area contributed by atoms with E-state index in [1.54, 1.807) is 0 Å². The van der Waals surface area contributed by atoms with Crippen molar-refractivity contribution in [3.05, 3.63) is 95.1 Å². The molecule has 2 N–H and O–H groups in total. The van der Waals surface area contributed by atoms with Gasteiger partial charge in [-0.15, -0.1) is 0 Å². The fourth-order valence-corrected chi connectivity index (χ4v) is 6.24. The molecule has 4 heteroatoms. The molecule has 3 aliphatic rings. The van der Waals surface area contributed by atoms with Gasteiger partial charge < -0.3 is 10.9 Å². The van der Waals surface area contributed by atoms with Crippen LogP contribution in [0.15, 0.2) is 72.9 Å². The summed E-state index contributed by atoms with van der Waals surface area (Å²) in [4.78, 5) is 0. The number of rotatable bonds is 10. The molecular formula is C33H42N4. The summed E-state index contributed by atoms with van der Waals surface area (Å²) in [7, 11) is 0. The highest BCUT2D eigenvalue weighted by Crippen LogP contribution is 2.56. The predicted octanol–water partition coefficient (Wildman–Crippen LogP) is 7.36. The Bertz CT molecular complexity index is 1260. The highest BCUT2D eigenvalue weighted by atomic mass is 15.5. The lowest BCUT2D eigenvalue weighted by Gasteiger charge is -2.39. The van der Waals surface area contributed by atoms with Crippen LogP contribution in [0.4, 0.5) is 11.4 Å². The second-order valence-corrected chi connectivity index (χ2v) is 10.8. The number of anilines is 2. The Morgan fingerprint density at radius 1 is 0.676 bits per heavy atom. The number of allylic oxidation sites excluding steroid dienone is 8. The van der Waals surface area contributed by atoms with Crippen molar-refractivity contribution in [2.75, 3.05) is 37.0 Å². The maximum absolute atomic E-state index is 3.94. The molecule has 0 saturated carbocycles. The molecule has 194 valence electrons. The zero-order chi connectivity index (χ0) is 26.2. The zero-order valence-corrected chi connectivity index (χ0v) is 23.4. The summed E-state index contributed by atoms with van der Waals surface area (Å²) >= 11 is 0. The Labute approximate surface area is 223 Å². The van der Waals surface area contributed by atoms with E-state index in [1.807, 2.05) is 0 Å². The molecule has 0 bridgehead atoms. The van der Waals surface area contributed by atoms with Crippen molar-refractivity contribution in [1.82, 2.24) is 10.0 Å². The standard InChI is InChI=1S/C33H42N4/c1-7-36(8-2)34-30-26-23-24-17-11-12-18-25(24)27(26)28(32(5)19-13-14-20-32)29(33(6)21-15-16-22-33)31(30)35-37(9-3)10-4/h11-22,34-35H,7-10,23H2,1-6H3. The molecule has 2 aromatic carbocycles. The topological polar surface area (TPSA) is 30.5 Å². The minimum absolute atomic E-state index is 0.197. The maximum Gasteiger partial charge on any atom is 0.0786 e. The van der Waals surface area contributed by atoms with Crippen LogP contribution in [0.5, 0.6) is 0 Å². The van der Waals surface area contributed by atoms with Crippen LogP contribution in [0.3, 0.4) is 0 Å². The van der Waals surface area contributed by atoms with Crippen LogP contribution < -0.4 is 10.9 Å². The van der Waals surface area contributed by atoms with Crippen LogP contribution in [0, 0.1) is 0 Å². The van der Waals surface area contributed by atoms with Crippen molar-refractivity contribution in [3.63, 3.8) is 0 Å². The molecule has 0 fully saturated rings. The van der Waals surface area contributed by atoms with Gasteiger partial charge in [-0.05, 0) is 47.2 Å². The molecule has 4 nitrogen and oxygen atoms in total. The van der Waals surface area contributed by atoms with Gasteiger partial charge in [0.05, 0.1) is 11.4 Å². The first-order valence-electron chi connectivity index (χ1n) is 14.0. The summed E-state index contributed by atoms with van der Waals surface area (Å²) in [5.74, 6) is 0. The molecule has 0 atom stereocenters. The summed E-state index contributed by atoms with van der Waals surface area (Å²) in [6.07, 6.45) is 19.2. The van der Waals surface area contributed by atoms with Crippen LogP contribution in [0.2, 0.25) is 0 Å². The molecule has 0 radical (unpaired) electrons. The SMILES string of the molecule is CCN(CC)Nc1c2c(c(C3(C)C=CC=C3)c(C3(C)C=CC=C3)c1NN(CC)CC)-c1ccccc1C2. The first kappa shape index (κ1) is 25.6. The highest BCUT2D eigenvalue weighted by Gasteiger charge is 2.42. The molecular weight excluding hydrogens is 452 g/mol. The van der Waals surface area contributed by atoms with Gasteiger partial charge in [0.15, 0.2) is 0 Å². The van der Waals surface area contributed by atoms with Crippen molar-refractivity contribution >= 4 is 11.4 Å². The lowest BCUT2D eigenvalue weighted by molar-refractivity contribution is 0.359. The van der Waals surface area contributed by atoms with E-state index in [2.05, 4.69) is 135 Å². The zero-order valence-electron chi connectivity index (χ0n) is 23.4. The molecule has 0 aliphatic heterocycles. The lowest BCUT2D eigenvalue weighted by atomic mass is 9.68. The van der Waals surface area contributed by atoms with E-state index in [4.69, 9.17) is 0 Å². The molecule has 0 aromatic heterocycles. The van der Waals surface area contributed by atoms with Gasteiger partial charge in [-0.1, -0.05) is 101 Å². The van der Waals surface area contributed by atoms with E-state index in [0.717, 1.165) is 32.6 Å². The molecule has 0 spiro atoms. The molecule has 0 saturated heterocycles. The van der Waals surface area contributed by atoms with Crippen molar-refractivity contribution < 1.29 is 0 Å². The van der Waals surface area contributed by atoms with Crippen LogP contribution in [0.25, 0.3) is 11.1 Å². The summed E-state index contributed by atoms with van der Waals surface area (Å²) < 4.78 is 0. The van der Waals surface area contributed by atoms with Gasteiger partial charge in [-0.25, -0.2) is 10.0 Å². The Kier molecular flexibility index (Phi) is 6.91. The Balaban J connectivity index is 1.93. The Morgan fingerprint density at radius 2 is 1.16 bits per heavy atom. The second-order valence-electron chi connectivity index (χ2n) is 10.8. The van der Waals surface area contributed by atoms with Crippen LogP contribution >= 0.6 is 0 Å². The van der Waals surface area contributed by atoms with E-state index < -0.39 is 0 Å². The quantitative estimate of drug-likeness (QED) is 0.288. The van der Waals surface area contributed by atoms with Gasteiger partial charge in [0.1, 0.15) is 0 Å². The van der Waals surface area contributed by atoms with Crippen LogP contribution in [0.1, 0.15) is 63.8 Å². The number of nitrogens with zero attached hydrogens (tertiary/aromatic N) is 2. The fourth-order valence-electron chi connectivity index (χ4n) is 6.24. The summed E-state index contributed by atoms with van der Waals surface area (Å²) in [6, 6.07) is 8.99. The number of fused-ring (bicyclic) bond motifs is 3. The first-order valence-corrected chi connectivity index (χ1v) is 14.0. The minimum Gasteiger partial charge on any atom is -0.317 e. The van der Waals surface area contributed by atoms with Gasteiger partial charge in [0, 0.05) is 43.4 Å². The van der Waals surface area contributed by atoms with Crippen molar-refractivity contribution in [2.45, 2.75) is 58.8 Å². The highest BCUT2D eigenvalue weighted by molar-refractivity contribution is 5.95. The largest absolute Gasteiger partial charge is 0.317 e. The number of nitrogens with one attached hydrogen (secondary N) is 2. The van der Waals surface area contributed by atoms with Crippen molar-refractivity contribution in [1.29, 1.82) is 0 Å². The van der Waals surface area contributed by atoms with Crippen LogP contribution in [-0.2, 0) is 17.3 Å². The smallest absolute Gasteiger partial charge is 0.0786 e. The van der Waals surface area contributed by atoms with Crippen molar-refractivity contribution in [2.24, 2.45) is 0 Å². The van der Waals surface area contributed by atoms with Gasteiger partial charge in [-0.2, -0.15) is 0 Å². The monoisotopic (exact) mass is 494 g/mol.